The van der Waals surface area contributed by atoms with Crippen LogP contribution in [0.1, 0.15) is 38.3 Å². The number of hydrogen-bond acceptors (Lipinski definition) is 3. The first-order valence-electron chi connectivity index (χ1n) is 9.17. The van der Waals surface area contributed by atoms with Crippen molar-refractivity contribution in [3.05, 3.63) is 54.2 Å². The predicted molar refractivity (Wildman–Crippen MR) is 105 cm³/mol. The van der Waals surface area contributed by atoms with Crippen molar-refractivity contribution in [3.8, 4) is 0 Å². The smallest absolute Gasteiger partial charge is 0.242 e. The summed E-state index contributed by atoms with van der Waals surface area (Å²) in [4.78, 5) is 19.5. The van der Waals surface area contributed by atoms with Gasteiger partial charge in [0.05, 0.1) is 17.3 Å². The van der Waals surface area contributed by atoms with Gasteiger partial charge in [-0.2, -0.15) is 0 Å². The van der Waals surface area contributed by atoms with E-state index < -0.39 is 0 Å². The van der Waals surface area contributed by atoms with Crippen LogP contribution >= 0.6 is 0 Å². The minimum absolute atomic E-state index is 0.129. The van der Waals surface area contributed by atoms with Gasteiger partial charge in [-0.25, -0.2) is 4.98 Å². The van der Waals surface area contributed by atoms with Crippen molar-refractivity contribution in [2.75, 3.05) is 13.1 Å². The molecule has 0 atom stereocenters. The molecule has 0 radical (unpaired) electrons. The Morgan fingerprint density at radius 3 is 2.58 bits per heavy atom. The molecule has 0 fully saturated rings. The van der Waals surface area contributed by atoms with Crippen molar-refractivity contribution < 1.29 is 9.21 Å². The Kier molecular flexibility index (Phi) is 5.89. The van der Waals surface area contributed by atoms with E-state index in [9.17, 15) is 4.79 Å². The number of hydrogen-bond donors (Lipinski definition) is 0. The molecule has 2 aromatic heterocycles. The highest BCUT2D eigenvalue weighted by atomic mass is 16.3. The fourth-order valence-corrected chi connectivity index (χ4v) is 3.07. The van der Waals surface area contributed by atoms with Crippen LogP contribution < -0.4 is 0 Å². The molecule has 0 saturated carbocycles. The van der Waals surface area contributed by atoms with Gasteiger partial charge < -0.3 is 13.9 Å². The number of benzene rings is 1. The molecule has 0 aliphatic carbocycles. The van der Waals surface area contributed by atoms with E-state index in [1.807, 2.05) is 58.0 Å². The number of carbonyl (C=O) groups excluding carboxylic acids is 1. The molecule has 1 aromatic carbocycles. The summed E-state index contributed by atoms with van der Waals surface area (Å²) < 4.78 is 7.33. The van der Waals surface area contributed by atoms with Crippen molar-refractivity contribution in [1.82, 2.24) is 14.5 Å². The summed E-state index contributed by atoms with van der Waals surface area (Å²) in [6.45, 7) is 6.06. The van der Waals surface area contributed by atoms with Crippen LogP contribution in [-0.2, 0) is 11.3 Å². The molecule has 0 N–H and O–H groups in total. The third kappa shape index (κ3) is 4.04. The fraction of sp³-hybridized carbons (Fsp3) is 0.333. The number of aromatic nitrogens is 2. The Morgan fingerprint density at radius 1 is 1.12 bits per heavy atom. The second kappa shape index (κ2) is 8.52. The zero-order valence-corrected chi connectivity index (χ0v) is 15.4. The van der Waals surface area contributed by atoms with Gasteiger partial charge in [0, 0.05) is 13.1 Å². The molecular formula is C21H25N3O2. The molecule has 3 aromatic rings. The highest BCUT2D eigenvalue weighted by molar-refractivity contribution is 5.83. The first kappa shape index (κ1) is 18.0. The summed E-state index contributed by atoms with van der Waals surface area (Å²) in [6, 6.07) is 11.6. The van der Waals surface area contributed by atoms with Crippen LogP contribution in [0.25, 0.3) is 23.2 Å². The molecule has 0 spiro atoms. The van der Waals surface area contributed by atoms with Crippen molar-refractivity contribution in [3.63, 3.8) is 0 Å². The lowest BCUT2D eigenvalue weighted by atomic mass is 10.3. The standard InChI is InChI=1S/C21H25N3O2/c1-3-13-23(14-4-2)21(25)16-24-19-10-6-5-9-18(19)22-20(24)12-11-17-8-7-15-26-17/h5-12,15H,3-4,13-14,16H2,1-2H3/b12-11+. The lowest BCUT2D eigenvalue weighted by Crippen LogP contribution is -2.35. The number of furan rings is 1. The minimum Gasteiger partial charge on any atom is -0.465 e. The van der Waals surface area contributed by atoms with Gasteiger partial charge >= 0.3 is 0 Å². The Balaban J connectivity index is 1.92. The van der Waals surface area contributed by atoms with Crippen LogP contribution in [0.5, 0.6) is 0 Å². The molecule has 3 rings (SSSR count). The first-order chi connectivity index (χ1) is 12.7. The molecule has 26 heavy (non-hydrogen) atoms. The van der Waals surface area contributed by atoms with Gasteiger partial charge in [-0.1, -0.05) is 26.0 Å². The second-order valence-corrected chi connectivity index (χ2v) is 6.27. The normalized spacial score (nSPS) is 11.5. The minimum atomic E-state index is 0.129. The molecule has 0 bridgehead atoms. The molecule has 0 unspecified atom stereocenters. The third-order valence-corrected chi connectivity index (χ3v) is 4.26. The van der Waals surface area contributed by atoms with E-state index in [4.69, 9.17) is 4.42 Å². The van der Waals surface area contributed by atoms with Gasteiger partial charge in [0.15, 0.2) is 0 Å². The average molecular weight is 351 g/mol. The van der Waals surface area contributed by atoms with Crippen molar-refractivity contribution in [2.45, 2.75) is 33.2 Å². The molecular weight excluding hydrogens is 326 g/mol. The van der Waals surface area contributed by atoms with Crippen LogP contribution in [0.2, 0.25) is 0 Å². The van der Waals surface area contributed by atoms with E-state index >= 15 is 0 Å². The maximum Gasteiger partial charge on any atom is 0.242 e. The van der Waals surface area contributed by atoms with Crippen LogP contribution in [0, 0.1) is 0 Å². The van der Waals surface area contributed by atoms with Gasteiger partial charge in [-0.3, -0.25) is 4.79 Å². The average Bonchev–Trinajstić information content (AvgIpc) is 3.28. The Bertz CT molecular complexity index is 872. The van der Waals surface area contributed by atoms with Crippen LogP contribution in [-0.4, -0.2) is 33.4 Å². The van der Waals surface area contributed by atoms with Crippen molar-refractivity contribution >= 4 is 29.1 Å². The summed E-state index contributed by atoms with van der Waals surface area (Å²) in [5.74, 6) is 1.64. The largest absolute Gasteiger partial charge is 0.465 e. The number of rotatable bonds is 8. The van der Waals surface area contributed by atoms with E-state index in [0.717, 1.165) is 48.5 Å². The number of fused-ring (bicyclic) bond motifs is 1. The highest BCUT2D eigenvalue weighted by Crippen LogP contribution is 2.18. The number of carbonyl (C=O) groups is 1. The molecule has 0 saturated heterocycles. The molecule has 0 aliphatic rings. The first-order valence-corrected chi connectivity index (χ1v) is 9.17. The zero-order chi connectivity index (χ0) is 18.4. The fourth-order valence-electron chi connectivity index (χ4n) is 3.07. The SMILES string of the molecule is CCCN(CCC)C(=O)Cn1c(/C=C/c2ccco2)nc2ccccc21. The Morgan fingerprint density at radius 2 is 1.88 bits per heavy atom. The lowest BCUT2D eigenvalue weighted by molar-refractivity contribution is -0.131. The van der Waals surface area contributed by atoms with Crippen LogP contribution in [0.4, 0.5) is 0 Å². The maximum absolute atomic E-state index is 12.9. The molecule has 2 heterocycles. The Hall–Kier alpha value is -2.82. The van der Waals surface area contributed by atoms with E-state index in [2.05, 4.69) is 18.8 Å². The van der Waals surface area contributed by atoms with Crippen LogP contribution in [0.15, 0.2) is 47.1 Å². The van der Waals surface area contributed by atoms with Gasteiger partial charge in [0.2, 0.25) is 5.91 Å². The Labute approximate surface area is 153 Å². The molecule has 5 nitrogen and oxygen atoms in total. The topological polar surface area (TPSA) is 51.3 Å². The number of imidazole rings is 1. The summed E-state index contributed by atoms with van der Waals surface area (Å²) in [6.07, 6.45) is 7.33. The van der Waals surface area contributed by atoms with E-state index in [1.165, 1.54) is 0 Å². The predicted octanol–water partition coefficient (Wildman–Crippen LogP) is 4.45. The third-order valence-electron chi connectivity index (χ3n) is 4.26. The molecule has 1 amide bonds. The van der Waals surface area contributed by atoms with Crippen LogP contribution in [0.3, 0.4) is 0 Å². The number of para-hydroxylation sites is 2. The second-order valence-electron chi connectivity index (χ2n) is 6.27. The summed E-state index contributed by atoms with van der Waals surface area (Å²) in [7, 11) is 0. The van der Waals surface area contributed by atoms with Crippen molar-refractivity contribution in [1.29, 1.82) is 0 Å². The molecule has 136 valence electrons. The van der Waals surface area contributed by atoms with Gasteiger partial charge in [-0.05, 0) is 49.3 Å². The summed E-state index contributed by atoms with van der Waals surface area (Å²) in [5.41, 5.74) is 1.85. The van der Waals surface area contributed by atoms with Gasteiger partial charge in [0.1, 0.15) is 18.1 Å². The molecule has 0 aliphatic heterocycles. The van der Waals surface area contributed by atoms with Crippen molar-refractivity contribution in [2.24, 2.45) is 0 Å². The van der Waals surface area contributed by atoms with E-state index in [0.29, 0.717) is 6.54 Å². The quantitative estimate of drug-likeness (QED) is 0.602. The summed E-state index contributed by atoms with van der Waals surface area (Å²) in [5, 5.41) is 0. The zero-order valence-electron chi connectivity index (χ0n) is 15.4. The summed E-state index contributed by atoms with van der Waals surface area (Å²) >= 11 is 0. The maximum atomic E-state index is 12.9. The van der Waals surface area contributed by atoms with Gasteiger partial charge in [0.25, 0.3) is 0 Å². The van der Waals surface area contributed by atoms with E-state index in [1.54, 1.807) is 6.26 Å². The highest BCUT2D eigenvalue weighted by Gasteiger charge is 2.16. The van der Waals surface area contributed by atoms with Gasteiger partial charge in [-0.15, -0.1) is 0 Å². The molecule has 5 heteroatoms. The monoisotopic (exact) mass is 351 g/mol. The van der Waals surface area contributed by atoms with E-state index in [-0.39, 0.29) is 5.91 Å². The number of nitrogens with zero attached hydrogens (tertiary/aromatic N) is 3. The lowest BCUT2D eigenvalue weighted by Gasteiger charge is -2.22. The number of amides is 1.